The summed E-state index contributed by atoms with van der Waals surface area (Å²) in [6.07, 6.45) is 5.73. The molecule has 3 aromatic rings. The zero-order valence-corrected chi connectivity index (χ0v) is 19.8. The van der Waals surface area contributed by atoms with Crippen molar-refractivity contribution in [1.82, 2.24) is 15.3 Å². The molecular formula is C23H29BrClFN4O2. The summed E-state index contributed by atoms with van der Waals surface area (Å²) in [5.41, 5.74) is 1.34. The summed E-state index contributed by atoms with van der Waals surface area (Å²) in [6, 6.07) is 8.73. The van der Waals surface area contributed by atoms with Gasteiger partial charge in [0.1, 0.15) is 18.0 Å². The summed E-state index contributed by atoms with van der Waals surface area (Å²) in [4.78, 5) is 8.71. The number of benzene rings is 2. The number of anilines is 2. The maximum atomic E-state index is 13.5. The highest BCUT2D eigenvalue weighted by molar-refractivity contribution is 8.93. The van der Waals surface area contributed by atoms with Crippen LogP contribution in [-0.4, -0.2) is 36.3 Å². The highest BCUT2D eigenvalue weighted by atomic mass is 79.9. The summed E-state index contributed by atoms with van der Waals surface area (Å²) in [7, 11) is 3.62. The largest absolute Gasteiger partial charge is 0.493 e. The predicted octanol–water partition coefficient (Wildman–Crippen LogP) is 6.30. The number of nitrogens with zero attached hydrogens (tertiary/aromatic N) is 2. The Labute approximate surface area is 203 Å². The number of hydrogen-bond acceptors (Lipinski definition) is 6. The van der Waals surface area contributed by atoms with Crippen molar-refractivity contribution in [2.45, 2.75) is 45.3 Å². The van der Waals surface area contributed by atoms with Crippen LogP contribution in [0.4, 0.5) is 15.9 Å². The fourth-order valence-electron chi connectivity index (χ4n) is 3.77. The van der Waals surface area contributed by atoms with E-state index in [1.807, 2.05) is 19.2 Å². The Bertz CT molecular complexity index is 1050. The number of aromatic nitrogens is 2. The van der Waals surface area contributed by atoms with Gasteiger partial charge in [0.05, 0.1) is 23.8 Å². The molecule has 0 saturated heterocycles. The average Bonchev–Trinajstić information content (AvgIpc) is 2.77. The van der Waals surface area contributed by atoms with E-state index in [1.54, 1.807) is 13.2 Å². The summed E-state index contributed by atoms with van der Waals surface area (Å²) in [5, 5.41) is 7.34. The van der Waals surface area contributed by atoms with Crippen LogP contribution in [0.25, 0.3) is 10.9 Å². The normalized spacial score (nSPS) is 17.8. The van der Waals surface area contributed by atoms with E-state index in [1.165, 1.54) is 18.5 Å². The maximum absolute atomic E-state index is 13.5. The molecule has 174 valence electrons. The van der Waals surface area contributed by atoms with Gasteiger partial charge in [0.15, 0.2) is 11.5 Å². The van der Waals surface area contributed by atoms with Gasteiger partial charge in [0.25, 0.3) is 0 Å². The third kappa shape index (κ3) is 5.79. The van der Waals surface area contributed by atoms with Gasteiger partial charge < -0.3 is 20.1 Å². The maximum Gasteiger partial charge on any atom is 0.162 e. The van der Waals surface area contributed by atoms with Gasteiger partial charge in [-0.15, -0.1) is 17.0 Å². The molecule has 1 saturated carbocycles. The first kappa shape index (κ1) is 26.1. The first-order valence-corrected chi connectivity index (χ1v) is 10.3. The first-order chi connectivity index (χ1) is 14.6. The molecule has 4 rings (SSSR count). The second-order valence-corrected chi connectivity index (χ2v) is 7.78. The van der Waals surface area contributed by atoms with Crippen LogP contribution in [-0.2, 0) is 0 Å². The Morgan fingerprint density at radius 1 is 1.06 bits per heavy atom. The van der Waals surface area contributed by atoms with Gasteiger partial charge in [-0.25, -0.2) is 14.4 Å². The van der Waals surface area contributed by atoms with Gasteiger partial charge in [-0.2, -0.15) is 0 Å². The molecule has 0 atom stereocenters. The minimum atomic E-state index is -0.469. The smallest absolute Gasteiger partial charge is 0.162 e. The summed E-state index contributed by atoms with van der Waals surface area (Å²) in [5.74, 6) is 1.40. The molecule has 0 spiro atoms. The molecule has 0 radical (unpaired) electrons. The van der Waals surface area contributed by atoms with Crippen LogP contribution < -0.4 is 20.1 Å². The molecule has 9 heteroatoms. The summed E-state index contributed by atoms with van der Waals surface area (Å²) < 4.78 is 25.3. The van der Waals surface area contributed by atoms with Crippen molar-refractivity contribution in [2.24, 2.45) is 0 Å². The Morgan fingerprint density at radius 3 is 2.47 bits per heavy atom. The Hall–Kier alpha value is -2.16. The van der Waals surface area contributed by atoms with E-state index in [0.717, 1.165) is 31.1 Å². The highest BCUT2D eigenvalue weighted by Crippen LogP contribution is 2.37. The predicted molar refractivity (Wildman–Crippen MR) is 134 cm³/mol. The number of nitrogens with one attached hydrogen (secondary N) is 2. The quantitative estimate of drug-likeness (QED) is 0.392. The molecular weight excluding hydrogens is 499 g/mol. The molecule has 6 nitrogen and oxygen atoms in total. The number of hydrogen-bond donors (Lipinski definition) is 2. The molecule has 0 bridgehead atoms. The van der Waals surface area contributed by atoms with Crippen molar-refractivity contribution in [3.8, 4) is 11.5 Å². The molecule has 32 heavy (non-hydrogen) atoms. The van der Waals surface area contributed by atoms with E-state index in [-0.39, 0.29) is 35.5 Å². The second-order valence-electron chi connectivity index (χ2n) is 7.38. The lowest BCUT2D eigenvalue weighted by Gasteiger charge is -2.29. The van der Waals surface area contributed by atoms with Crippen LogP contribution >= 0.6 is 28.6 Å². The Morgan fingerprint density at radius 2 is 1.81 bits per heavy atom. The van der Waals surface area contributed by atoms with E-state index < -0.39 is 5.82 Å². The van der Waals surface area contributed by atoms with Gasteiger partial charge in [0, 0.05) is 23.2 Å². The molecule has 2 aromatic carbocycles. The van der Waals surface area contributed by atoms with E-state index in [9.17, 15) is 4.39 Å². The van der Waals surface area contributed by atoms with Gasteiger partial charge in [0.2, 0.25) is 0 Å². The lowest BCUT2D eigenvalue weighted by atomic mass is 9.93. The van der Waals surface area contributed by atoms with Crippen LogP contribution in [0, 0.1) is 5.82 Å². The molecule has 1 aliphatic rings. The van der Waals surface area contributed by atoms with Crippen LogP contribution in [0.3, 0.4) is 0 Å². The number of rotatable bonds is 6. The van der Waals surface area contributed by atoms with E-state index in [0.29, 0.717) is 34.6 Å². The van der Waals surface area contributed by atoms with Crippen LogP contribution in [0.1, 0.15) is 33.1 Å². The standard InChI is InChI=1S/C22H24ClFN4O2.CH4.BrH/c1-25-13-3-6-15(7-4-13)30-21-10-16-19(11-20(21)29-2)26-12-27-22(16)28-14-5-8-18(24)17(23)9-14;;/h5,8-13,15,25H,3-4,6-7H2,1-2H3,(H,26,27,28);1H4;1H. The van der Waals surface area contributed by atoms with Crippen molar-refractivity contribution >= 4 is 51.0 Å². The minimum absolute atomic E-state index is 0. The Balaban J connectivity index is 0.00000181. The van der Waals surface area contributed by atoms with E-state index in [2.05, 4.69) is 20.6 Å². The third-order valence-corrected chi connectivity index (χ3v) is 5.77. The van der Waals surface area contributed by atoms with Gasteiger partial charge in [-0.1, -0.05) is 19.0 Å². The summed E-state index contributed by atoms with van der Waals surface area (Å²) >= 11 is 5.90. The number of halogens is 3. The van der Waals surface area contributed by atoms with Gasteiger partial charge >= 0.3 is 0 Å². The van der Waals surface area contributed by atoms with Crippen LogP contribution in [0.2, 0.25) is 5.02 Å². The number of ether oxygens (including phenoxy) is 2. The average molecular weight is 528 g/mol. The monoisotopic (exact) mass is 526 g/mol. The van der Waals surface area contributed by atoms with E-state index in [4.69, 9.17) is 21.1 Å². The van der Waals surface area contributed by atoms with Crippen LogP contribution in [0.15, 0.2) is 36.7 Å². The fourth-order valence-corrected chi connectivity index (χ4v) is 3.96. The molecule has 2 N–H and O–H groups in total. The number of fused-ring (bicyclic) bond motifs is 1. The lowest BCUT2D eigenvalue weighted by Crippen LogP contribution is -2.34. The van der Waals surface area contributed by atoms with Gasteiger partial charge in [-0.05, 0) is 57.0 Å². The molecule has 1 fully saturated rings. The topological polar surface area (TPSA) is 68.3 Å². The second kappa shape index (κ2) is 11.6. The lowest BCUT2D eigenvalue weighted by molar-refractivity contribution is 0.137. The van der Waals surface area contributed by atoms with E-state index >= 15 is 0 Å². The fraction of sp³-hybridized carbons (Fsp3) is 0.391. The molecule has 1 aliphatic carbocycles. The SMILES string of the molecule is Br.C.CNC1CCC(Oc2cc3c(Nc4ccc(F)c(Cl)c4)ncnc3cc2OC)CC1. The highest BCUT2D eigenvalue weighted by Gasteiger charge is 2.23. The van der Waals surface area contributed by atoms with Crippen molar-refractivity contribution in [1.29, 1.82) is 0 Å². The van der Waals surface area contributed by atoms with Crippen LogP contribution in [0.5, 0.6) is 11.5 Å². The Kier molecular flexibility index (Phi) is 9.48. The van der Waals surface area contributed by atoms with Crippen molar-refractivity contribution in [2.75, 3.05) is 19.5 Å². The molecule has 0 aliphatic heterocycles. The molecule has 1 heterocycles. The third-order valence-electron chi connectivity index (χ3n) is 5.48. The zero-order chi connectivity index (χ0) is 21.1. The minimum Gasteiger partial charge on any atom is -0.493 e. The number of methoxy groups -OCH3 is 1. The first-order valence-electron chi connectivity index (χ1n) is 9.96. The summed E-state index contributed by atoms with van der Waals surface area (Å²) in [6.45, 7) is 0. The molecule has 0 amide bonds. The van der Waals surface area contributed by atoms with Crippen molar-refractivity contribution < 1.29 is 13.9 Å². The molecule has 0 unspecified atom stereocenters. The van der Waals surface area contributed by atoms with Gasteiger partial charge in [-0.3, -0.25) is 0 Å². The van der Waals surface area contributed by atoms with Crippen molar-refractivity contribution in [3.05, 3.63) is 47.5 Å². The van der Waals surface area contributed by atoms with Crippen molar-refractivity contribution in [3.63, 3.8) is 0 Å². The molecule has 1 aromatic heterocycles. The zero-order valence-electron chi connectivity index (χ0n) is 17.3.